The molecule has 7 nitrogen and oxygen atoms in total. The molecule has 3 aromatic carbocycles. The summed E-state index contributed by atoms with van der Waals surface area (Å²) in [7, 11) is -4.09. The van der Waals surface area contributed by atoms with Crippen LogP contribution in [0.2, 0.25) is 0 Å². The average Bonchev–Trinajstić information content (AvgIpc) is 2.91. The van der Waals surface area contributed by atoms with Crippen LogP contribution in [0.15, 0.2) is 72.8 Å². The number of carbonyl (C=O) groups excluding carboxylic acids is 2. The predicted octanol–water partition coefficient (Wildman–Crippen LogP) is 4.59. The van der Waals surface area contributed by atoms with E-state index in [4.69, 9.17) is 0 Å². The van der Waals surface area contributed by atoms with E-state index >= 15 is 0 Å². The zero-order valence-corrected chi connectivity index (χ0v) is 23.9. The van der Waals surface area contributed by atoms with Gasteiger partial charge in [0.2, 0.25) is 21.8 Å². The molecule has 0 aromatic heterocycles. The number of aryl methyl sites for hydroxylation is 1. The van der Waals surface area contributed by atoms with Crippen molar-refractivity contribution >= 4 is 27.5 Å². The summed E-state index contributed by atoms with van der Waals surface area (Å²) >= 11 is 0. The van der Waals surface area contributed by atoms with Gasteiger partial charge in [0.1, 0.15) is 12.6 Å². The van der Waals surface area contributed by atoms with Crippen LogP contribution in [0.25, 0.3) is 0 Å². The van der Waals surface area contributed by atoms with E-state index in [1.807, 2.05) is 75.4 Å². The molecule has 0 saturated heterocycles. The minimum absolute atomic E-state index is 0.0340. The molecule has 0 aliphatic carbocycles. The number of sulfonamides is 1. The molecule has 0 aliphatic rings. The van der Waals surface area contributed by atoms with Crippen LogP contribution >= 0.6 is 0 Å². The number of rotatable bonds is 12. The standard InChI is InChI=1S/C30H35F2N3O4S/c1-5-22(3)33-30(37)28(17-23-12-7-6-8-13-23)34(19-24-14-10-9-11-21(24)2)29(36)20-35(40(4,38)39)25-15-16-26(31)27(32)18-25/h6-16,18,22,28H,5,17,19-20H2,1-4H3,(H,33,37). The highest BCUT2D eigenvalue weighted by Gasteiger charge is 2.33. The Hall–Kier alpha value is -3.79. The van der Waals surface area contributed by atoms with Gasteiger partial charge in [-0.1, -0.05) is 61.5 Å². The monoisotopic (exact) mass is 571 g/mol. The van der Waals surface area contributed by atoms with Crippen molar-refractivity contribution in [2.24, 2.45) is 0 Å². The molecule has 3 rings (SSSR count). The van der Waals surface area contributed by atoms with Crippen LogP contribution in [-0.4, -0.2) is 50.0 Å². The van der Waals surface area contributed by atoms with Crippen LogP contribution in [0.5, 0.6) is 0 Å². The summed E-state index contributed by atoms with van der Waals surface area (Å²) in [5.74, 6) is -3.43. The summed E-state index contributed by atoms with van der Waals surface area (Å²) in [5, 5.41) is 2.96. The van der Waals surface area contributed by atoms with E-state index in [0.29, 0.717) is 6.42 Å². The molecule has 10 heteroatoms. The average molecular weight is 572 g/mol. The van der Waals surface area contributed by atoms with E-state index < -0.39 is 40.2 Å². The molecular weight excluding hydrogens is 536 g/mol. The number of nitrogens with zero attached hydrogens (tertiary/aromatic N) is 2. The highest BCUT2D eigenvalue weighted by atomic mass is 32.2. The summed E-state index contributed by atoms with van der Waals surface area (Å²) in [6.45, 7) is 5.00. The summed E-state index contributed by atoms with van der Waals surface area (Å²) in [6.07, 6.45) is 1.74. The van der Waals surface area contributed by atoms with Crippen LogP contribution in [0.4, 0.5) is 14.5 Å². The van der Waals surface area contributed by atoms with Gasteiger partial charge < -0.3 is 10.2 Å². The van der Waals surface area contributed by atoms with Crippen molar-refractivity contribution in [2.75, 3.05) is 17.1 Å². The van der Waals surface area contributed by atoms with E-state index in [1.54, 1.807) is 0 Å². The maximum atomic E-state index is 14.0. The SMILES string of the molecule is CCC(C)NC(=O)C(Cc1ccccc1)N(Cc1ccccc1C)C(=O)CN(c1ccc(F)c(F)c1)S(C)(=O)=O. The molecule has 2 amide bonds. The van der Waals surface area contributed by atoms with Crippen molar-refractivity contribution in [3.8, 4) is 0 Å². The lowest BCUT2D eigenvalue weighted by molar-refractivity contribution is -0.140. The van der Waals surface area contributed by atoms with Crippen LogP contribution in [-0.2, 0) is 32.6 Å². The van der Waals surface area contributed by atoms with Gasteiger partial charge >= 0.3 is 0 Å². The second-order valence-corrected chi connectivity index (χ2v) is 11.7. The lowest BCUT2D eigenvalue weighted by Gasteiger charge is -2.34. The minimum Gasteiger partial charge on any atom is -0.352 e. The minimum atomic E-state index is -4.09. The number of benzene rings is 3. The third-order valence-electron chi connectivity index (χ3n) is 6.74. The van der Waals surface area contributed by atoms with Crippen molar-refractivity contribution in [1.29, 1.82) is 0 Å². The summed E-state index contributed by atoms with van der Waals surface area (Å²) in [4.78, 5) is 29.0. The molecular formula is C30H35F2N3O4S. The molecule has 0 radical (unpaired) electrons. The second-order valence-electron chi connectivity index (χ2n) is 9.84. The lowest BCUT2D eigenvalue weighted by Crippen LogP contribution is -2.54. The molecule has 0 aliphatic heterocycles. The van der Waals surface area contributed by atoms with Gasteiger partial charge in [-0.2, -0.15) is 0 Å². The Kier molecular flexibility index (Phi) is 10.4. The predicted molar refractivity (Wildman–Crippen MR) is 152 cm³/mol. The Morgan fingerprint density at radius 2 is 1.60 bits per heavy atom. The number of hydrogen-bond acceptors (Lipinski definition) is 4. The highest BCUT2D eigenvalue weighted by Crippen LogP contribution is 2.23. The Labute approximate surface area is 234 Å². The van der Waals surface area contributed by atoms with Crippen LogP contribution in [0.1, 0.15) is 37.0 Å². The molecule has 214 valence electrons. The summed E-state index contributed by atoms with van der Waals surface area (Å²) in [6, 6.07) is 18.1. The Morgan fingerprint density at radius 3 is 2.20 bits per heavy atom. The van der Waals surface area contributed by atoms with E-state index in [-0.39, 0.29) is 30.6 Å². The molecule has 3 aromatic rings. The largest absolute Gasteiger partial charge is 0.352 e. The first-order valence-corrected chi connectivity index (χ1v) is 14.9. The highest BCUT2D eigenvalue weighted by molar-refractivity contribution is 7.92. The number of nitrogens with one attached hydrogen (secondary N) is 1. The number of anilines is 1. The van der Waals surface area contributed by atoms with Gasteiger partial charge in [0, 0.05) is 25.1 Å². The molecule has 0 fully saturated rings. The third kappa shape index (κ3) is 8.11. The molecule has 0 bridgehead atoms. The molecule has 2 unspecified atom stereocenters. The zero-order chi connectivity index (χ0) is 29.4. The van der Waals surface area contributed by atoms with Gasteiger partial charge in [-0.25, -0.2) is 17.2 Å². The Balaban J connectivity index is 2.08. The van der Waals surface area contributed by atoms with Crippen molar-refractivity contribution in [1.82, 2.24) is 10.2 Å². The summed E-state index contributed by atoms with van der Waals surface area (Å²) in [5.41, 5.74) is 2.29. The summed E-state index contributed by atoms with van der Waals surface area (Å²) < 4.78 is 53.8. The number of carbonyl (C=O) groups is 2. The van der Waals surface area contributed by atoms with Crippen molar-refractivity contribution in [2.45, 2.75) is 52.2 Å². The quantitative estimate of drug-likeness (QED) is 0.345. The first-order chi connectivity index (χ1) is 18.9. The fourth-order valence-electron chi connectivity index (χ4n) is 4.22. The topological polar surface area (TPSA) is 86.8 Å². The fraction of sp³-hybridized carbons (Fsp3) is 0.333. The Bertz CT molecular complexity index is 1430. The van der Waals surface area contributed by atoms with Crippen molar-refractivity contribution in [3.63, 3.8) is 0 Å². The van der Waals surface area contributed by atoms with Gasteiger partial charge in [0.15, 0.2) is 11.6 Å². The van der Waals surface area contributed by atoms with Crippen LogP contribution in [0, 0.1) is 18.6 Å². The third-order valence-corrected chi connectivity index (χ3v) is 7.89. The molecule has 0 saturated carbocycles. The van der Waals surface area contributed by atoms with Crippen molar-refractivity contribution in [3.05, 3.63) is 101 Å². The van der Waals surface area contributed by atoms with Gasteiger partial charge in [-0.15, -0.1) is 0 Å². The van der Waals surface area contributed by atoms with E-state index in [0.717, 1.165) is 45.5 Å². The number of amides is 2. The molecule has 2 atom stereocenters. The van der Waals surface area contributed by atoms with Gasteiger partial charge in [-0.3, -0.25) is 13.9 Å². The van der Waals surface area contributed by atoms with Crippen molar-refractivity contribution < 1.29 is 26.8 Å². The Morgan fingerprint density at radius 1 is 0.950 bits per heavy atom. The number of halogens is 2. The van der Waals surface area contributed by atoms with Crippen LogP contribution in [0.3, 0.4) is 0 Å². The number of hydrogen-bond donors (Lipinski definition) is 1. The van der Waals surface area contributed by atoms with Gasteiger partial charge in [0.25, 0.3) is 0 Å². The molecule has 0 spiro atoms. The van der Waals surface area contributed by atoms with E-state index in [2.05, 4.69) is 5.32 Å². The van der Waals surface area contributed by atoms with Crippen LogP contribution < -0.4 is 9.62 Å². The van der Waals surface area contributed by atoms with E-state index in [9.17, 15) is 26.8 Å². The maximum Gasteiger partial charge on any atom is 0.244 e. The van der Waals surface area contributed by atoms with Gasteiger partial charge in [-0.05, 0) is 49.1 Å². The maximum absolute atomic E-state index is 14.0. The molecule has 40 heavy (non-hydrogen) atoms. The van der Waals surface area contributed by atoms with Gasteiger partial charge in [0.05, 0.1) is 11.9 Å². The van der Waals surface area contributed by atoms with E-state index in [1.165, 1.54) is 4.90 Å². The zero-order valence-electron chi connectivity index (χ0n) is 23.1. The smallest absolute Gasteiger partial charge is 0.244 e. The second kappa shape index (κ2) is 13.5. The lowest BCUT2D eigenvalue weighted by atomic mass is 10.0. The molecule has 1 N–H and O–H groups in total. The fourth-order valence-corrected chi connectivity index (χ4v) is 5.06. The molecule has 0 heterocycles. The normalized spacial score (nSPS) is 12.8. The first kappa shape index (κ1) is 30.7. The first-order valence-electron chi connectivity index (χ1n) is 13.0.